The number of aryl methyl sites for hydroxylation is 1. The number of thiophene rings is 1. The summed E-state index contributed by atoms with van der Waals surface area (Å²) >= 11 is 1.09. The Hall–Kier alpha value is -1.08. The number of carbonyl (C=O) groups excluding carboxylic acids is 1. The third kappa shape index (κ3) is 3.46. The zero-order valence-electron chi connectivity index (χ0n) is 10.8. The first kappa shape index (κ1) is 15.0. The van der Waals surface area contributed by atoms with Gasteiger partial charge in [-0.15, -0.1) is 11.3 Å². The van der Waals surface area contributed by atoms with Crippen LogP contribution in [0.1, 0.15) is 36.0 Å². The SMILES string of the molecule is CCOC(=O)c1sc(NS(=O)(=O)C(C)C)cc1C. The lowest BCUT2D eigenvalue weighted by Gasteiger charge is -2.08. The van der Waals surface area contributed by atoms with Crippen molar-refractivity contribution in [1.29, 1.82) is 0 Å². The average molecular weight is 291 g/mol. The van der Waals surface area contributed by atoms with E-state index in [0.29, 0.717) is 22.0 Å². The summed E-state index contributed by atoms with van der Waals surface area (Å²) < 4.78 is 30.7. The molecule has 0 fully saturated rings. The lowest BCUT2D eigenvalue weighted by Crippen LogP contribution is -2.21. The maximum absolute atomic E-state index is 11.7. The highest BCUT2D eigenvalue weighted by Crippen LogP contribution is 2.28. The Kier molecular flexibility index (Phi) is 4.75. The van der Waals surface area contributed by atoms with Crippen molar-refractivity contribution in [3.05, 3.63) is 16.5 Å². The van der Waals surface area contributed by atoms with E-state index in [1.54, 1.807) is 33.8 Å². The molecule has 18 heavy (non-hydrogen) atoms. The molecule has 0 aliphatic heterocycles. The number of hydrogen-bond donors (Lipinski definition) is 1. The van der Waals surface area contributed by atoms with Gasteiger partial charge >= 0.3 is 5.97 Å². The van der Waals surface area contributed by atoms with Crippen LogP contribution in [0.15, 0.2) is 6.07 Å². The summed E-state index contributed by atoms with van der Waals surface area (Å²) in [6, 6.07) is 1.64. The first-order valence-electron chi connectivity index (χ1n) is 5.57. The molecular weight excluding hydrogens is 274 g/mol. The normalized spacial score (nSPS) is 11.6. The van der Waals surface area contributed by atoms with Gasteiger partial charge in [0.15, 0.2) is 0 Å². The fourth-order valence-corrected chi connectivity index (χ4v) is 3.10. The van der Waals surface area contributed by atoms with Gasteiger partial charge in [-0.2, -0.15) is 0 Å². The number of esters is 1. The first-order chi connectivity index (χ1) is 8.27. The van der Waals surface area contributed by atoms with E-state index in [-0.39, 0.29) is 0 Å². The van der Waals surface area contributed by atoms with Gasteiger partial charge in [0, 0.05) is 0 Å². The van der Waals surface area contributed by atoms with Crippen LogP contribution in [0.3, 0.4) is 0 Å². The summed E-state index contributed by atoms with van der Waals surface area (Å²) in [6.07, 6.45) is 0. The second-order valence-corrected chi connectivity index (χ2v) is 7.33. The molecule has 0 aromatic carbocycles. The van der Waals surface area contributed by atoms with E-state index >= 15 is 0 Å². The number of anilines is 1. The van der Waals surface area contributed by atoms with Crippen molar-refractivity contribution in [3.63, 3.8) is 0 Å². The summed E-state index contributed by atoms with van der Waals surface area (Å²) in [7, 11) is -3.38. The lowest BCUT2D eigenvalue weighted by atomic mass is 10.3. The van der Waals surface area contributed by atoms with Crippen molar-refractivity contribution in [2.75, 3.05) is 11.3 Å². The fraction of sp³-hybridized carbons (Fsp3) is 0.545. The third-order valence-electron chi connectivity index (χ3n) is 2.24. The fourth-order valence-electron chi connectivity index (χ4n) is 1.19. The average Bonchev–Trinajstić information content (AvgIpc) is 2.58. The molecule has 0 radical (unpaired) electrons. The van der Waals surface area contributed by atoms with Crippen LogP contribution in [-0.4, -0.2) is 26.2 Å². The predicted octanol–water partition coefficient (Wildman–Crippen LogP) is 2.38. The van der Waals surface area contributed by atoms with Crippen molar-refractivity contribution in [3.8, 4) is 0 Å². The molecule has 0 aliphatic carbocycles. The molecule has 0 amide bonds. The van der Waals surface area contributed by atoms with Gasteiger partial charge in [0.25, 0.3) is 0 Å². The number of sulfonamides is 1. The van der Waals surface area contributed by atoms with E-state index in [1.807, 2.05) is 0 Å². The Balaban J connectivity index is 2.95. The number of hydrogen-bond acceptors (Lipinski definition) is 5. The molecule has 0 bridgehead atoms. The molecule has 1 aromatic rings. The van der Waals surface area contributed by atoms with Crippen molar-refractivity contribution < 1.29 is 17.9 Å². The molecule has 1 aromatic heterocycles. The quantitative estimate of drug-likeness (QED) is 0.845. The molecule has 0 saturated heterocycles. The lowest BCUT2D eigenvalue weighted by molar-refractivity contribution is 0.0531. The van der Waals surface area contributed by atoms with Gasteiger partial charge in [0.2, 0.25) is 10.0 Å². The van der Waals surface area contributed by atoms with Gasteiger partial charge in [0.05, 0.1) is 11.9 Å². The highest BCUT2D eigenvalue weighted by molar-refractivity contribution is 7.93. The standard InChI is InChI=1S/C11H17NO4S2/c1-5-16-11(13)10-8(4)6-9(17-10)12-18(14,15)7(2)3/h6-7,12H,5H2,1-4H3. The van der Waals surface area contributed by atoms with Gasteiger partial charge in [-0.05, 0) is 39.3 Å². The molecule has 0 unspecified atom stereocenters. The van der Waals surface area contributed by atoms with Crippen molar-refractivity contribution in [2.45, 2.75) is 32.9 Å². The molecule has 0 spiro atoms. The van der Waals surface area contributed by atoms with Gasteiger partial charge in [-0.25, -0.2) is 13.2 Å². The Morgan fingerprint density at radius 1 is 1.50 bits per heavy atom. The molecule has 5 nitrogen and oxygen atoms in total. The van der Waals surface area contributed by atoms with E-state index in [9.17, 15) is 13.2 Å². The zero-order valence-corrected chi connectivity index (χ0v) is 12.4. The van der Waals surface area contributed by atoms with Crippen LogP contribution in [0.4, 0.5) is 5.00 Å². The second-order valence-electron chi connectivity index (χ2n) is 4.04. The number of ether oxygens (including phenoxy) is 1. The van der Waals surface area contributed by atoms with Gasteiger partial charge in [-0.1, -0.05) is 0 Å². The molecule has 1 heterocycles. The Bertz CT molecular complexity index is 531. The van der Waals surface area contributed by atoms with Gasteiger partial charge < -0.3 is 4.74 Å². The summed E-state index contributed by atoms with van der Waals surface area (Å²) in [5.41, 5.74) is 0.708. The first-order valence-corrected chi connectivity index (χ1v) is 7.93. The highest BCUT2D eigenvalue weighted by Gasteiger charge is 2.20. The molecule has 102 valence electrons. The summed E-state index contributed by atoms with van der Waals surface area (Å²) in [6.45, 7) is 6.95. The van der Waals surface area contributed by atoms with Crippen LogP contribution in [0, 0.1) is 6.92 Å². The Morgan fingerprint density at radius 3 is 2.61 bits per heavy atom. The Labute approximate surface area is 111 Å². The number of rotatable bonds is 5. The molecule has 0 aliphatic rings. The maximum atomic E-state index is 11.7. The van der Waals surface area contributed by atoms with E-state index in [1.165, 1.54) is 0 Å². The maximum Gasteiger partial charge on any atom is 0.348 e. The smallest absolute Gasteiger partial charge is 0.348 e. The van der Waals surface area contributed by atoms with Crippen LogP contribution in [0.25, 0.3) is 0 Å². The Morgan fingerprint density at radius 2 is 2.11 bits per heavy atom. The van der Waals surface area contributed by atoms with Gasteiger partial charge in [-0.3, -0.25) is 4.72 Å². The van der Waals surface area contributed by atoms with Crippen LogP contribution in [-0.2, 0) is 14.8 Å². The summed E-state index contributed by atoms with van der Waals surface area (Å²) in [4.78, 5) is 12.0. The van der Waals surface area contributed by atoms with Crippen molar-refractivity contribution in [2.24, 2.45) is 0 Å². The monoisotopic (exact) mass is 291 g/mol. The summed E-state index contributed by atoms with van der Waals surface area (Å²) in [5.74, 6) is -0.421. The van der Waals surface area contributed by atoms with E-state index in [2.05, 4.69) is 4.72 Å². The van der Waals surface area contributed by atoms with E-state index < -0.39 is 21.2 Å². The summed E-state index contributed by atoms with van der Waals surface area (Å²) in [5, 5.41) is -0.0878. The minimum atomic E-state index is -3.38. The molecule has 1 N–H and O–H groups in total. The van der Waals surface area contributed by atoms with Gasteiger partial charge in [0.1, 0.15) is 9.88 Å². The van der Waals surface area contributed by atoms with Crippen LogP contribution < -0.4 is 4.72 Å². The number of nitrogens with one attached hydrogen (secondary N) is 1. The minimum Gasteiger partial charge on any atom is -0.462 e. The van der Waals surface area contributed by atoms with Crippen LogP contribution >= 0.6 is 11.3 Å². The van der Waals surface area contributed by atoms with E-state index in [0.717, 1.165) is 11.3 Å². The van der Waals surface area contributed by atoms with Crippen LogP contribution in [0.2, 0.25) is 0 Å². The predicted molar refractivity (Wildman–Crippen MR) is 72.7 cm³/mol. The molecule has 1 rings (SSSR count). The third-order valence-corrected chi connectivity index (χ3v) is 5.25. The minimum absolute atomic E-state index is 0.295. The molecule has 7 heteroatoms. The second kappa shape index (κ2) is 5.71. The van der Waals surface area contributed by atoms with Crippen molar-refractivity contribution >= 4 is 32.3 Å². The molecule has 0 atom stereocenters. The largest absolute Gasteiger partial charge is 0.462 e. The van der Waals surface area contributed by atoms with Crippen LogP contribution in [0.5, 0.6) is 0 Å². The highest BCUT2D eigenvalue weighted by atomic mass is 32.2. The van der Waals surface area contributed by atoms with E-state index in [4.69, 9.17) is 4.74 Å². The van der Waals surface area contributed by atoms with Crippen molar-refractivity contribution in [1.82, 2.24) is 0 Å². The number of carbonyl (C=O) groups is 1. The molecule has 0 saturated carbocycles. The molecular formula is C11H17NO4S2. The zero-order chi connectivity index (χ0) is 13.9. The topological polar surface area (TPSA) is 72.5 Å².